The van der Waals surface area contributed by atoms with Gasteiger partial charge in [0.2, 0.25) is 5.91 Å². The zero-order valence-corrected chi connectivity index (χ0v) is 16.8. The normalized spacial score (nSPS) is 20.1. The van der Waals surface area contributed by atoms with Crippen LogP contribution in [0.5, 0.6) is 0 Å². The third kappa shape index (κ3) is 4.85. The third-order valence-corrected chi connectivity index (χ3v) is 6.28. The van der Waals surface area contributed by atoms with Crippen LogP contribution in [0.3, 0.4) is 0 Å². The fourth-order valence-corrected chi connectivity index (χ4v) is 4.23. The molecule has 152 valence electrons. The van der Waals surface area contributed by atoms with E-state index in [1.165, 1.54) is 24.8 Å². The van der Waals surface area contributed by atoms with Gasteiger partial charge in [-0.15, -0.1) is 0 Å². The second-order valence-electron chi connectivity index (χ2n) is 8.38. The summed E-state index contributed by atoms with van der Waals surface area (Å²) in [6.07, 6.45) is 5.73. The van der Waals surface area contributed by atoms with Crippen molar-refractivity contribution in [3.05, 3.63) is 65.2 Å². The molecule has 0 bridgehead atoms. The van der Waals surface area contributed by atoms with Crippen molar-refractivity contribution in [2.45, 2.75) is 44.6 Å². The molecule has 2 aliphatic rings. The van der Waals surface area contributed by atoms with Crippen molar-refractivity contribution in [1.82, 2.24) is 4.90 Å². The first-order chi connectivity index (χ1) is 14.1. The summed E-state index contributed by atoms with van der Waals surface area (Å²) >= 11 is 0. The van der Waals surface area contributed by atoms with Crippen molar-refractivity contribution in [2.24, 2.45) is 11.7 Å². The average molecular weight is 392 g/mol. The Bertz CT molecular complexity index is 857. The van der Waals surface area contributed by atoms with Gasteiger partial charge in [-0.05, 0) is 73.5 Å². The SMILES string of the molecule is NC(=O)C1CCCN(Cc2ccc(NC(=O)c3ccc(C4CCC4)cc3)cc2)C1. The lowest BCUT2D eigenvalue weighted by Gasteiger charge is -2.31. The number of nitrogens with zero attached hydrogens (tertiary/aromatic N) is 1. The molecule has 1 heterocycles. The quantitative estimate of drug-likeness (QED) is 0.784. The lowest BCUT2D eigenvalue weighted by atomic mass is 9.80. The molecule has 1 saturated carbocycles. The van der Waals surface area contributed by atoms with E-state index >= 15 is 0 Å². The average Bonchev–Trinajstić information content (AvgIpc) is 2.69. The summed E-state index contributed by atoms with van der Waals surface area (Å²) in [4.78, 5) is 26.2. The monoisotopic (exact) mass is 391 g/mol. The molecule has 1 aliphatic carbocycles. The van der Waals surface area contributed by atoms with Crippen molar-refractivity contribution in [3.8, 4) is 0 Å². The van der Waals surface area contributed by atoms with Crippen LogP contribution < -0.4 is 11.1 Å². The van der Waals surface area contributed by atoms with Gasteiger partial charge in [0, 0.05) is 24.3 Å². The van der Waals surface area contributed by atoms with E-state index in [2.05, 4.69) is 22.3 Å². The number of carbonyl (C=O) groups excluding carboxylic acids is 2. The van der Waals surface area contributed by atoms with Gasteiger partial charge in [-0.2, -0.15) is 0 Å². The van der Waals surface area contributed by atoms with E-state index in [-0.39, 0.29) is 17.7 Å². The fourth-order valence-electron chi connectivity index (χ4n) is 4.23. The van der Waals surface area contributed by atoms with Gasteiger partial charge in [0.05, 0.1) is 5.92 Å². The Kier molecular flexibility index (Phi) is 5.95. The molecule has 2 aromatic carbocycles. The van der Waals surface area contributed by atoms with E-state index in [0.717, 1.165) is 43.7 Å². The minimum Gasteiger partial charge on any atom is -0.369 e. The lowest BCUT2D eigenvalue weighted by Crippen LogP contribution is -2.40. The van der Waals surface area contributed by atoms with Crippen molar-refractivity contribution in [2.75, 3.05) is 18.4 Å². The van der Waals surface area contributed by atoms with Crippen molar-refractivity contribution in [1.29, 1.82) is 0 Å². The molecule has 4 rings (SSSR count). The summed E-state index contributed by atoms with van der Waals surface area (Å²) in [5, 5.41) is 2.97. The molecule has 5 heteroatoms. The van der Waals surface area contributed by atoms with Crippen LogP contribution >= 0.6 is 0 Å². The number of carbonyl (C=O) groups is 2. The van der Waals surface area contributed by atoms with Gasteiger partial charge in [0.25, 0.3) is 5.91 Å². The zero-order valence-electron chi connectivity index (χ0n) is 16.8. The van der Waals surface area contributed by atoms with Gasteiger partial charge in [0.15, 0.2) is 0 Å². The molecule has 3 N–H and O–H groups in total. The molecule has 29 heavy (non-hydrogen) atoms. The number of nitrogens with two attached hydrogens (primary N) is 1. The Morgan fingerprint density at radius 1 is 0.966 bits per heavy atom. The zero-order chi connectivity index (χ0) is 20.2. The van der Waals surface area contributed by atoms with Crippen LogP contribution in [0, 0.1) is 5.92 Å². The lowest BCUT2D eigenvalue weighted by molar-refractivity contribution is -0.123. The Morgan fingerprint density at radius 2 is 1.69 bits per heavy atom. The minimum absolute atomic E-state index is 0.0435. The number of likely N-dealkylation sites (tertiary alicyclic amines) is 1. The maximum atomic E-state index is 12.5. The molecule has 2 fully saturated rings. The number of hydrogen-bond donors (Lipinski definition) is 2. The molecule has 2 amide bonds. The highest BCUT2D eigenvalue weighted by Crippen LogP contribution is 2.36. The number of benzene rings is 2. The van der Waals surface area contributed by atoms with Crippen LogP contribution in [0.25, 0.3) is 0 Å². The van der Waals surface area contributed by atoms with E-state index in [0.29, 0.717) is 11.5 Å². The first-order valence-electron chi connectivity index (χ1n) is 10.6. The van der Waals surface area contributed by atoms with E-state index < -0.39 is 0 Å². The molecule has 1 unspecified atom stereocenters. The standard InChI is InChI=1S/C24H29N3O2/c25-23(28)21-5-2-14-27(16-21)15-17-6-12-22(13-7-17)26-24(29)20-10-8-19(9-11-20)18-3-1-4-18/h6-13,18,21H,1-5,14-16H2,(H2,25,28)(H,26,29). The largest absolute Gasteiger partial charge is 0.369 e. The molecule has 1 aliphatic heterocycles. The molecular formula is C24H29N3O2. The highest BCUT2D eigenvalue weighted by Gasteiger charge is 2.24. The highest BCUT2D eigenvalue weighted by molar-refractivity contribution is 6.04. The Hall–Kier alpha value is -2.66. The molecule has 5 nitrogen and oxygen atoms in total. The number of anilines is 1. The minimum atomic E-state index is -0.200. The van der Waals surface area contributed by atoms with Gasteiger partial charge in [-0.25, -0.2) is 0 Å². The summed E-state index contributed by atoms with van der Waals surface area (Å²) in [5.41, 5.74) is 9.44. The number of hydrogen-bond acceptors (Lipinski definition) is 3. The van der Waals surface area contributed by atoms with E-state index in [1.807, 2.05) is 36.4 Å². The number of rotatable bonds is 6. The summed E-state index contributed by atoms with van der Waals surface area (Å²) in [5.74, 6) is 0.350. The van der Waals surface area contributed by atoms with Crippen molar-refractivity contribution < 1.29 is 9.59 Å². The van der Waals surface area contributed by atoms with Crippen LogP contribution in [0.2, 0.25) is 0 Å². The first-order valence-corrected chi connectivity index (χ1v) is 10.6. The van der Waals surface area contributed by atoms with Gasteiger partial charge < -0.3 is 11.1 Å². The Labute approximate surface area is 172 Å². The summed E-state index contributed by atoms with van der Waals surface area (Å²) in [6.45, 7) is 2.50. The maximum Gasteiger partial charge on any atom is 0.255 e. The first kappa shape index (κ1) is 19.6. The van der Waals surface area contributed by atoms with Gasteiger partial charge in [-0.1, -0.05) is 30.7 Å². The van der Waals surface area contributed by atoms with E-state index in [4.69, 9.17) is 5.73 Å². The van der Waals surface area contributed by atoms with Crippen LogP contribution in [-0.4, -0.2) is 29.8 Å². The van der Waals surface area contributed by atoms with Crippen molar-refractivity contribution in [3.63, 3.8) is 0 Å². The molecule has 2 aromatic rings. The van der Waals surface area contributed by atoms with E-state index in [1.54, 1.807) is 0 Å². The Balaban J connectivity index is 1.31. The second kappa shape index (κ2) is 8.78. The van der Waals surface area contributed by atoms with Crippen LogP contribution in [0.15, 0.2) is 48.5 Å². The predicted octanol–water partition coefficient (Wildman–Crippen LogP) is 3.90. The number of nitrogens with one attached hydrogen (secondary N) is 1. The van der Waals surface area contributed by atoms with Crippen LogP contribution in [0.1, 0.15) is 59.5 Å². The predicted molar refractivity (Wildman–Crippen MR) is 115 cm³/mol. The highest BCUT2D eigenvalue weighted by atomic mass is 16.2. The van der Waals surface area contributed by atoms with Crippen LogP contribution in [-0.2, 0) is 11.3 Å². The molecule has 0 aromatic heterocycles. The molecule has 0 spiro atoms. The van der Waals surface area contributed by atoms with E-state index in [9.17, 15) is 9.59 Å². The molecule has 0 radical (unpaired) electrons. The fraction of sp³-hybridized carbons (Fsp3) is 0.417. The molecule has 1 atom stereocenters. The number of piperidine rings is 1. The molecule has 1 saturated heterocycles. The topological polar surface area (TPSA) is 75.4 Å². The number of amides is 2. The van der Waals surface area contributed by atoms with Crippen molar-refractivity contribution >= 4 is 17.5 Å². The third-order valence-electron chi connectivity index (χ3n) is 6.28. The number of primary amides is 1. The smallest absolute Gasteiger partial charge is 0.255 e. The summed E-state index contributed by atoms with van der Waals surface area (Å²) in [7, 11) is 0. The maximum absolute atomic E-state index is 12.5. The van der Waals surface area contributed by atoms with Crippen LogP contribution in [0.4, 0.5) is 5.69 Å². The molecular weight excluding hydrogens is 362 g/mol. The summed E-state index contributed by atoms with van der Waals surface area (Å²) in [6, 6.07) is 15.9. The van der Waals surface area contributed by atoms with Gasteiger partial charge in [0.1, 0.15) is 0 Å². The Morgan fingerprint density at radius 3 is 2.31 bits per heavy atom. The summed E-state index contributed by atoms with van der Waals surface area (Å²) < 4.78 is 0. The van der Waals surface area contributed by atoms with Gasteiger partial charge in [-0.3, -0.25) is 14.5 Å². The van der Waals surface area contributed by atoms with Gasteiger partial charge >= 0.3 is 0 Å². The second-order valence-corrected chi connectivity index (χ2v) is 8.38.